The van der Waals surface area contributed by atoms with Gasteiger partial charge in [0.1, 0.15) is 5.69 Å². The molecule has 0 unspecified atom stereocenters. The summed E-state index contributed by atoms with van der Waals surface area (Å²) in [6, 6.07) is 6.96. The van der Waals surface area contributed by atoms with Crippen molar-refractivity contribution in [1.29, 1.82) is 0 Å². The number of halogens is 1. The highest BCUT2D eigenvalue weighted by Gasteiger charge is 2.27. The maximum Gasteiger partial charge on any atom is 0.356 e. The Morgan fingerprint density at radius 2 is 1.96 bits per heavy atom. The molecule has 0 aliphatic carbocycles. The fraction of sp³-hybridized carbons (Fsp3) is 0.267. The normalized spacial score (nSPS) is 14.3. The number of amides is 1. The fourth-order valence-electron chi connectivity index (χ4n) is 2.57. The second kappa shape index (κ2) is 7.06. The Kier molecular flexibility index (Phi) is 4.99. The zero-order chi connectivity index (χ0) is 18.9. The van der Waals surface area contributed by atoms with Gasteiger partial charge in [0.25, 0.3) is 5.91 Å². The highest BCUT2D eigenvalue weighted by molar-refractivity contribution is 7.89. The molecule has 0 saturated heterocycles. The topological polar surface area (TPSA) is 122 Å². The van der Waals surface area contributed by atoms with Gasteiger partial charge in [-0.2, -0.15) is 5.10 Å². The molecule has 1 amide bonds. The molecule has 2 aromatic rings. The van der Waals surface area contributed by atoms with E-state index < -0.39 is 16.0 Å². The number of carbonyl (C=O) groups is 2. The van der Waals surface area contributed by atoms with Crippen molar-refractivity contribution in [3.63, 3.8) is 0 Å². The number of aromatic carboxylic acids is 1. The quantitative estimate of drug-likeness (QED) is 0.737. The smallest absolute Gasteiger partial charge is 0.356 e. The van der Waals surface area contributed by atoms with Crippen molar-refractivity contribution in [3.8, 4) is 0 Å². The third kappa shape index (κ3) is 3.71. The molecule has 0 bridgehead atoms. The number of hydrogen-bond donors (Lipinski definition) is 2. The highest BCUT2D eigenvalue weighted by atomic mass is 35.5. The molecule has 1 aromatic heterocycles. The molecule has 1 aromatic carbocycles. The molecule has 0 radical (unpaired) electrons. The first-order chi connectivity index (χ1) is 12.3. The van der Waals surface area contributed by atoms with Crippen molar-refractivity contribution in [2.24, 2.45) is 0 Å². The summed E-state index contributed by atoms with van der Waals surface area (Å²) in [4.78, 5) is 24.9. The molecule has 0 fully saturated rings. The number of aromatic nitrogens is 2. The number of carbonyl (C=O) groups excluding carboxylic acids is 1. The monoisotopic (exact) mass is 398 g/mol. The number of hydrogen-bond acceptors (Lipinski definition) is 5. The van der Waals surface area contributed by atoms with E-state index in [9.17, 15) is 18.0 Å². The minimum Gasteiger partial charge on any atom is -0.476 e. The van der Waals surface area contributed by atoms with E-state index in [1.807, 2.05) is 0 Å². The summed E-state index contributed by atoms with van der Waals surface area (Å²) < 4.78 is 28.2. The van der Waals surface area contributed by atoms with Crippen LogP contribution in [0.25, 0.3) is 0 Å². The largest absolute Gasteiger partial charge is 0.476 e. The summed E-state index contributed by atoms with van der Waals surface area (Å²) >= 11 is 5.74. The molecule has 9 nitrogen and oxygen atoms in total. The Bertz CT molecular complexity index is 955. The number of nitrogens with one attached hydrogen (secondary N) is 1. The molecule has 0 saturated carbocycles. The van der Waals surface area contributed by atoms with Crippen molar-refractivity contribution in [3.05, 3.63) is 46.7 Å². The Morgan fingerprint density at radius 3 is 2.62 bits per heavy atom. The van der Waals surface area contributed by atoms with Gasteiger partial charge in [-0.05, 0) is 24.3 Å². The molecular formula is C15H15ClN4O5S. The molecule has 26 heavy (non-hydrogen) atoms. The predicted molar refractivity (Wildman–Crippen MR) is 91.7 cm³/mol. The van der Waals surface area contributed by atoms with Crippen LogP contribution in [0.5, 0.6) is 0 Å². The number of nitrogens with zero attached hydrogens (tertiary/aromatic N) is 3. The number of sulfonamides is 1. The van der Waals surface area contributed by atoms with Crippen LogP contribution in [0.3, 0.4) is 0 Å². The molecule has 3 rings (SSSR count). The van der Waals surface area contributed by atoms with Gasteiger partial charge in [-0.25, -0.2) is 17.9 Å². The summed E-state index contributed by atoms with van der Waals surface area (Å²) in [5.74, 6) is -1.59. The minimum absolute atomic E-state index is 0.0244. The number of rotatable bonds is 6. The Hall–Kier alpha value is -2.43. The SMILES string of the molecule is O=C(O)c1cc2n(n1)CCN(CCNS(=O)(=O)c1ccc(Cl)cc1)C2=O. The van der Waals surface area contributed by atoms with Crippen LogP contribution in [0.1, 0.15) is 21.0 Å². The van der Waals surface area contributed by atoms with Gasteiger partial charge < -0.3 is 10.0 Å². The van der Waals surface area contributed by atoms with E-state index in [4.69, 9.17) is 16.7 Å². The first-order valence-corrected chi connectivity index (χ1v) is 9.50. The van der Waals surface area contributed by atoms with Crippen molar-refractivity contribution < 1.29 is 23.1 Å². The van der Waals surface area contributed by atoms with Gasteiger partial charge in [-0.3, -0.25) is 9.48 Å². The van der Waals surface area contributed by atoms with Crippen LogP contribution < -0.4 is 4.72 Å². The zero-order valence-electron chi connectivity index (χ0n) is 13.4. The first kappa shape index (κ1) is 18.4. The van der Waals surface area contributed by atoms with E-state index in [0.717, 1.165) is 0 Å². The number of fused-ring (bicyclic) bond motifs is 1. The minimum atomic E-state index is -3.70. The second-order valence-electron chi connectivity index (χ2n) is 5.59. The molecule has 1 aliphatic heterocycles. The van der Waals surface area contributed by atoms with Crippen LogP contribution in [0.4, 0.5) is 0 Å². The summed E-state index contributed by atoms with van der Waals surface area (Å²) in [6.45, 7) is 0.837. The lowest BCUT2D eigenvalue weighted by Gasteiger charge is -2.27. The van der Waals surface area contributed by atoms with Crippen LogP contribution in [-0.4, -0.2) is 59.7 Å². The standard InChI is InChI=1S/C15H15ClN4O5S/c16-10-1-3-11(4-2-10)26(24,25)17-5-6-19-7-8-20-13(14(19)21)9-12(18-20)15(22)23/h1-4,9,17H,5-8H2,(H,22,23). The maximum absolute atomic E-state index is 12.4. The van der Waals surface area contributed by atoms with Crippen LogP contribution in [0.2, 0.25) is 5.02 Å². The van der Waals surface area contributed by atoms with Crippen molar-refractivity contribution in [2.45, 2.75) is 11.4 Å². The number of carboxylic acid groups (broad SMARTS) is 1. The predicted octanol–water partition coefficient (Wildman–Crippen LogP) is 0.669. The van der Waals surface area contributed by atoms with Gasteiger partial charge in [-0.1, -0.05) is 11.6 Å². The fourth-order valence-corrected chi connectivity index (χ4v) is 3.72. The van der Waals surface area contributed by atoms with Gasteiger partial charge in [0.15, 0.2) is 5.69 Å². The lowest BCUT2D eigenvalue weighted by atomic mass is 10.2. The van der Waals surface area contributed by atoms with E-state index >= 15 is 0 Å². The van der Waals surface area contributed by atoms with Crippen molar-refractivity contribution in [1.82, 2.24) is 19.4 Å². The Balaban J connectivity index is 1.62. The van der Waals surface area contributed by atoms with Crippen molar-refractivity contribution in [2.75, 3.05) is 19.6 Å². The van der Waals surface area contributed by atoms with Gasteiger partial charge in [0.05, 0.1) is 11.4 Å². The van der Waals surface area contributed by atoms with E-state index in [1.54, 1.807) is 0 Å². The maximum atomic E-state index is 12.4. The van der Waals surface area contributed by atoms with Gasteiger partial charge in [0.2, 0.25) is 10.0 Å². The lowest BCUT2D eigenvalue weighted by Crippen LogP contribution is -2.44. The van der Waals surface area contributed by atoms with Gasteiger partial charge in [0, 0.05) is 30.7 Å². The first-order valence-electron chi connectivity index (χ1n) is 7.63. The Morgan fingerprint density at radius 1 is 1.27 bits per heavy atom. The van der Waals surface area contributed by atoms with Gasteiger partial charge >= 0.3 is 5.97 Å². The second-order valence-corrected chi connectivity index (χ2v) is 7.79. The van der Waals surface area contributed by atoms with Crippen molar-refractivity contribution >= 4 is 33.5 Å². The van der Waals surface area contributed by atoms with Crippen LogP contribution >= 0.6 is 11.6 Å². The van der Waals surface area contributed by atoms with E-state index in [2.05, 4.69) is 9.82 Å². The molecular weight excluding hydrogens is 384 g/mol. The number of carboxylic acids is 1. The van der Waals surface area contributed by atoms with Crippen LogP contribution in [0, 0.1) is 0 Å². The summed E-state index contributed by atoms with van der Waals surface area (Å²) in [5.41, 5.74) is -0.0205. The van der Waals surface area contributed by atoms with E-state index in [-0.39, 0.29) is 35.3 Å². The molecule has 2 N–H and O–H groups in total. The average Bonchev–Trinajstić information content (AvgIpc) is 3.03. The van der Waals surface area contributed by atoms with E-state index in [0.29, 0.717) is 18.1 Å². The molecule has 138 valence electrons. The summed E-state index contributed by atoms with van der Waals surface area (Å²) in [7, 11) is -3.70. The number of benzene rings is 1. The molecule has 0 spiro atoms. The molecule has 2 heterocycles. The third-order valence-electron chi connectivity index (χ3n) is 3.88. The van der Waals surface area contributed by atoms with E-state index in [1.165, 1.54) is 39.9 Å². The Labute approximate surface area is 154 Å². The molecule has 0 atom stereocenters. The molecule has 11 heteroatoms. The average molecular weight is 399 g/mol. The summed E-state index contributed by atoms with van der Waals surface area (Å²) in [6.07, 6.45) is 0. The summed E-state index contributed by atoms with van der Waals surface area (Å²) in [5, 5.41) is 13.2. The third-order valence-corrected chi connectivity index (χ3v) is 5.61. The zero-order valence-corrected chi connectivity index (χ0v) is 15.0. The van der Waals surface area contributed by atoms with Crippen LogP contribution in [-0.2, 0) is 16.6 Å². The highest BCUT2D eigenvalue weighted by Crippen LogP contribution is 2.15. The lowest BCUT2D eigenvalue weighted by molar-refractivity contribution is 0.0679. The molecule has 1 aliphatic rings. The van der Waals surface area contributed by atoms with Gasteiger partial charge in [-0.15, -0.1) is 0 Å². The van der Waals surface area contributed by atoms with Crippen LogP contribution in [0.15, 0.2) is 35.2 Å².